The number of nitrogens with one attached hydrogen (secondary N) is 1. The van der Waals surface area contributed by atoms with Gasteiger partial charge in [-0.05, 0) is 36.6 Å². The monoisotopic (exact) mass is 569 g/mol. The molecule has 0 aromatic heterocycles. The summed E-state index contributed by atoms with van der Waals surface area (Å²) in [6, 6.07) is 14.2. The van der Waals surface area contributed by atoms with E-state index < -0.39 is 0 Å². The number of halogens is 1. The van der Waals surface area contributed by atoms with Gasteiger partial charge in [0.2, 0.25) is 5.75 Å². The van der Waals surface area contributed by atoms with Gasteiger partial charge in [0.05, 0.1) is 41.1 Å². The molecule has 1 heterocycles. The van der Waals surface area contributed by atoms with Crippen LogP contribution in [0.3, 0.4) is 0 Å². The Morgan fingerprint density at radius 2 is 1.73 bits per heavy atom. The highest BCUT2D eigenvalue weighted by Gasteiger charge is 2.25. The topological polar surface area (TPSA) is 64.6 Å². The first-order valence-electron chi connectivity index (χ1n) is 11.1. The Morgan fingerprint density at radius 3 is 2.33 bits per heavy atom. The smallest absolute Gasteiger partial charge is 0.203 e. The van der Waals surface area contributed by atoms with Gasteiger partial charge in [-0.1, -0.05) is 30.3 Å². The Balaban J connectivity index is 0.00000385. The summed E-state index contributed by atoms with van der Waals surface area (Å²) in [6.45, 7) is 6.76. The zero-order valence-corrected chi connectivity index (χ0v) is 22.3. The lowest BCUT2D eigenvalue weighted by atomic mass is 10.1. The normalized spacial score (nSPS) is 15.7. The van der Waals surface area contributed by atoms with Crippen molar-refractivity contribution in [2.75, 3.05) is 47.6 Å². The van der Waals surface area contributed by atoms with E-state index in [1.165, 1.54) is 5.56 Å². The zero-order chi connectivity index (χ0) is 22.8. The molecule has 33 heavy (non-hydrogen) atoms. The van der Waals surface area contributed by atoms with E-state index in [4.69, 9.17) is 23.9 Å². The average molecular weight is 569 g/mol. The number of likely N-dealkylation sites (tertiary alicyclic amines) is 1. The van der Waals surface area contributed by atoms with Gasteiger partial charge in [0.1, 0.15) is 0 Å². The van der Waals surface area contributed by atoms with Crippen LogP contribution in [-0.4, -0.2) is 58.4 Å². The van der Waals surface area contributed by atoms with Crippen LogP contribution >= 0.6 is 24.0 Å². The molecular weight excluding hydrogens is 533 g/mol. The van der Waals surface area contributed by atoms with Gasteiger partial charge in [0.25, 0.3) is 0 Å². The largest absolute Gasteiger partial charge is 0.493 e. The Morgan fingerprint density at radius 1 is 1.03 bits per heavy atom. The van der Waals surface area contributed by atoms with E-state index in [1.807, 2.05) is 30.3 Å². The molecule has 1 aliphatic rings. The summed E-state index contributed by atoms with van der Waals surface area (Å²) in [4.78, 5) is 7.19. The highest BCUT2D eigenvalue weighted by molar-refractivity contribution is 14.0. The third-order valence-electron chi connectivity index (χ3n) is 5.52. The van der Waals surface area contributed by atoms with Gasteiger partial charge in [-0.25, -0.2) is 4.99 Å². The molecule has 182 valence electrons. The van der Waals surface area contributed by atoms with Crippen LogP contribution in [-0.2, 0) is 17.9 Å². The van der Waals surface area contributed by atoms with Gasteiger partial charge in [-0.3, -0.25) is 0 Å². The number of rotatable bonds is 10. The van der Waals surface area contributed by atoms with Crippen molar-refractivity contribution in [3.05, 3.63) is 53.6 Å². The van der Waals surface area contributed by atoms with Gasteiger partial charge in [0.15, 0.2) is 17.5 Å². The van der Waals surface area contributed by atoms with Crippen molar-refractivity contribution in [3.8, 4) is 17.2 Å². The Hall–Kier alpha value is -2.20. The lowest BCUT2D eigenvalue weighted by Gasteiger charge is -2.22. The fraction of sp³-hybridized carbons (Fsp3) is 0.480. The van der Waals surface area contributed by atoms with Crippen LogP contribution in [0, 0.1) is 5.92 Å². The third-order valence-corrected chi connectivity index (χ3v) is 5.52. The SMILES string of the molecule is CCNC(=NCc1cc(OC)c(OC)c(OC)c1)N1CCC(COCc2ccccc2)C1.I. The van der Waals surface area contributed by atoms with E-state index in [1.54, 1.807) is 21.3 Å². The van der Waals surface area contributed by atoms with Crippen molar-refractivity contribution in [2.24, 2.45) is 10.9 Å². The first kappa shape index (κ1) is 27.0. The summed E-state index contributed by atoms with van der Waals surface area (Å²) in [6.07, 6.45) is 1.10. The van der Waals surface area contributed by atoms with E-state index in [0.29, 0.717) is 36.3 Å². The van der Waals surface area contributed by atoms with E-state index in [-0.39, 0.29) is 24.0 Å². The van der Waals surface area contributed by atoms with Gasteiger partial charge in [0, 0.05) is 25.6 Å². The Labute approximate surface area is 214 Å². The fourth-order valence-electron chi connectivity index (χ4n) is 3.90. The predicted octanol–water partition coefficient (Wildman–Crippen LogP) is 4.33. The van der Waals surface area contributed by atoms with Crippen LogP contribution in [0.5, 0.6) is 17.2 Å². The molecule has 1 aliphatic heterocycles. The van der Waals surface area contributed by atoms with Crippen LogP contribution in [0.4, 0.5) is 0 Å². The van der Waals surface area contributed by atoms with Crippen LogP contribution in [0.25, 0.3) is 0 Å². The standard InChI is InChI=1S/C25H35N3O4.HI/c1-5-26-25(27-15-21-13-22(29-2)24(31-4)23(14-21)30-3)28-12-11-20(16-28)18-32-17-19-9-7-6-8-10-19;/h6-10,13-14,20H,5,11-12,15-18H2,1-4H3,(H,26,27);1H. The van der Waals surface area contributed by atoms with Crippen molar-refractivity contribution in [1.29, 1.82) is 0 Å². The molecule has 3 rings (SSSR count). The van der Waals surface area contributed by atoms with E-state index >= 15 is 0 Å². The van der Waals surface area contributed by atoms with Gasteiger partial charge < -0.3 is 29.2 Å². The van der Waals surface area contributed by atoms with Crippen molar-refractivity contribution in [3.63, 3.8) is 0 Å². The van der Waals surface area contributed by atoms with Crippen LogP contribution in [0.2, 0.25) is 0 Å². The molecule has 1 saturated heterocycles. The molecule has 2 aromatic carbocycles. The minimum atomic E-state index is 0. The molecule has 1 N–H and O–H groups in total. The number of ether oxygens (including phenoxy) is 4. The molecule has 1 atom stereocenters. The molecule has 1 unspecified atom stereocenters. The molecule has 0 saturated carbocycles. The Kier molecular flexibility index (Phi) is 11.6. The maximum Gasteiger partial charge on any atom is 0.203 e. The van der Waals surface area contributed by atoms with Crippen molar-refractivity contribution in [2.45, 2.75) is 26.5 Å². The molecule has 1 fully saturated rings. The molecule has 0 amide bonds. The lowest BCUT2D eigenvalue weighted by Crippen LogP contribution is -2.40. The number of hydrogen-bond donors (Lipinski definition) is 1. The zero-order valence-electron chi connectivity index (χ0n) is 20.0. The van der Waals surface area contributed by atoms with Crippen molar-refractivity contribution < 1.29 is 18.9 Å². The lowest BCUT2D eigenvalue weighted by molar-refractivity contribution is 0.0906. The van der Waals surface area contributed by atoms with Crippen LogP contribution in [0.15, 0.2) is 47.5 Å². The first-order chi connectivity index (χ1) is 15.7. The predicted molar refractivity (Wildman–Crippen MR) is 142 cm³/mol. The van der Waals surface area contributed by atoms with Gasteiger partial charge in [-0.15, -0.1) is 24.0 Å². The van der Waals surface area contributed by atoms with E-state index in [2.05, 4.69) is 29.3 Å². The molecule has 0 bridgehead atoms. The number of benzene rings is 2. The molecule has 2 aromatic rings. The van der Waals surface area contributed by atoms with Crippen molar-refractivity contribution in [1.82, 2.24) is 10.2 Å². The maximum absolute atomic E-state index is 5.97. The summed E-state index contributed by atoms with van der Waals surface area (Å²) in [5.41, 5.74) is 2.21. The minimum Gasteiger partial charge on any atom is -0.493 e. The van der Waals surface area contributed by atoms with E-state index in [9.17, 15) is 0 Å². The average Bonchev–Trinajstić information content (AvgIpc) is 3.30. The Bertz CT molecular complexity index is 854. The summed E-state index contributed by atoms with van der Waals surface area (Å²) in [5, 5.41) is 3.42. The summed E-state index contributed by atoms with van der Waals surface area (Å²) < 4.78 is 22.3. The second-order valence-electron chi connectivity index (χ2n) is 7.81. The molecular formula is C25H36IN3O4. The molecule has 0 aliphatic carbocycles. The van der Waals surface area contributed by atoms with Crippen molar-refractivity contribution >= 4 is 29.9 Å². The van der Waals surface area contributed by atoms with Crippen LogP contribution < -0.4 is 19.5 Å². The number of methoxy groups -OCH3 is 3. The summed E-state index contributed by atoms with van der Waals surface area (Å²) in [7, 11) is 4.85. The van der Waals surface area contributed by atoms with E-state index in [0.717, 1.165) is 44.2 Å². The number of guanidine groups is 1. The first-order valence-corrected chi connectivity index (χ1v) is 11.1. The second-order valence-corrected chi connectivity index (χ2v) is 7.81. The second kappa shape index (κ2) is 14.1. The van der Waals surface area contributed by atoms with Crippen LogP contribution in [0.1, 0.15) is 24.5 Å². The summed E-state index contributed by atoms with van der Waals surface area (Å²) in [5.74, 6) is 3.29. The highest BCUT2D eigenvalue weighted by Crippen LogP contribution is 2.38. The van der Waals surface area contributed by atoms with Gasteiger partial charge in [-0.2, -0.15) is 0 Å². The highest BCUT2D eigenvalue weighted by atomic mass is 127. The minimum absolute atomic E-state index is 0. The quantitative estimate of drug-likeness (QED) is 0.261. The summed E-state index contributed by atoms with van der Waals surface area (Å²) >= 11 is 0. The molecule has 7 nitrogen and oxygen atoms in total. The molecule has 0 spiro atoms. The maximum atomic E-state index is 5.97. The molecule has 8 heteroatoms. The fourth-order valence-corrected chi connectivity index (χ4v) is 3.90. The molecule has 0 radical (unpaired) electrons. The number of hydrogen-bond acceptors (Lipinski definition) is 5. The van der Waals surface area contributed by atoms with Gasteiger partial charge >= 0.3 is 0 Å². The third kappa shape index (κ3) is 7.67. The number of aliphatic imine (C=N–C) groups is 1. The number of nitrogens with zero attached hydrogens (tertiary/aromatic N) is 2.